The summed E-state index contributed by atoms with van der Waals surface area (Å²) in [6.45, 7) is 2.73. The number of rotatable bonds is 6. The average Bonchev–Trinajstić information content (AvgIpc) is 3.30. The molecule has 0 spiro atoms. The van der Waals surface area contributed by atoms with Gasteiger partial charge < -0.3 is 15.0 Å². The van der Waals surface area contributed by atoms with Crippen molar-refractivity contribution < 1.29 is 27.5 Å². The van der Waals surface area contributed by atoms with Crippen molar-refractivity contribution in [3.8, 4) is 5.88 Å². The van der Waals surface area contributed by atoms with Gasteiger partial charge >= 0.3 is 6.18 Å². The van der Waals surface area contributed by atoms with Crippen molar-refractivity contribution in [1.29, 1.82) is 0 Å². The number of likely N-dealkylation sites (tertiary alicyclic amines) is 1. The molecule has 2 aromatic rings. The Morgan fingerprint density at radius 1 is 1.29 bits per heavy atom. The molecule has 1 atom stereocenters. The minimum absolute atomic E-state index is 0.125. The molecular formula is C20H26F3N5O3. The van der Waals surface area contributed by atoms with E-state index < -0.39 is 24.7 Å². The van der Waals surface area contributed by atoms with Crippen LogP contribution in [0.5, 0.6) is 5.88 Å². The second kappa shape index (κ2) is 8.72. The van der Waals surface area contributed by atoms with E-state index in [0.717, 1.165) is 22.2 Å². The SMILES string of the molecule is COc1nn(C)c2nc(C)c(CCC(=O)N3CCCC3C(=O)NCC(F)(F)F)c(C)c12. The topological polar surface area (TPSA) is 89.3 Å². The largest absolute Gasteiger partial charge is 0.479 e. The minimum atomic E-state index is -4.49. The molecule has 0 saturated carbocycles. The summed E-state index contributed by atoms with van der Waals surface area (Å²) in [5.41, 5.74) is 3.26. The van der Waals surface area contributed by atoms with E-state index >= 15 is 0 Å². The van der Waals surface area contributed by atoms with Crippen molar-refractivity contribution in [1.82, 2.24) is 25.0 Å². The number of hydrogen-bond acceptors (Lipinski definition) is 5. The van der Waals surface area contributed by atoms with Crippen LogP contribution in [0.25, 0.3) is 11.0 Å². The second-order valence-corrected chi connectivity index (χ2v) is 7.71. The van der Waals surface area contributed by atoms with Gasteiger partial charge in [0.15, 0.2) is 5.65 Å². The summed E-state index contributed by atoms with van der Waals surface area (Å²) in [4.78, 5) is 31.0. The zero-order chi connectivity index (χ0) is 22.9. The number of nitrogens with zero attached hydrogens (tertiary/aromatic N) is 4. The lowest BCUT2D eigenvalue weighted by molar-refractivity contribution is -0.144. The number of aromatic nitrogens is 3. The number of methoxy groups -OCH3 is 1. The fourth-order valence-corrected chi connectivity index (χ4v) is 4.13. The maximum Gasteiger partial charge on any atom is 0.405 e. The second-order valence-electron chi connectivity index (χ2n) is 7.71. The van der Waals surface area contributed by atoms with E-state index in [1.807, 2.05) is 19.2 Å². The molecule has 3 rings (SSSR count). The first-order chi connectivity index (χ1) is 14.5. The van der Waals surface area contributed by atoms with Gasteiger partial charge in [0.25, 0.3) is 0 Å². The van der Waals surface area contributed by atoms with Crippen molar-refractivity contribution >= 4 is 22.8 Å². The third kappa shape index (κ3) is 4.75. The molecule has 0 aromatic carbocycles. The minimum Gasteiger partial charge on any atom is -0.479 e. The Labute approximate surface area is 177 Å². The van der Waals surface area contributed by atoms with Crippen LogP contribution in [0.15, 0.2) is 0 Å². The molecule has 0 aliphatic carbocycles. The van der Waals surface area contributed by atoms with Crippen molar-refractivity contribution in [2.45, 2.75) is 51.7 Å². The number of hydrogen-bond donors (Lipinski definition) is 1. The predicted molar refractivity (Wildman–Crippen MR) is 107 cm³/mol. The third-order valence-electron chi connectivity index (χ3n) is 5.64. The van der Waals surface area contributed by atoms with Gasteiger partial charge in [0.05, 0.1) is 12.5 Å². The van der Waals surface area contributed by atoms with Crippen LogP contribution in [0.2, 0.25) is 0 Å². The molecule has 1 fully saturated rings. The zero-order valence-electron chi connectivity index (χ0n) is 18.0. The van der Waals surface area contributed by atoms with E-state index in [1.54, 1.807) is 11.7 Å². The normalized spacial score (nSPS) is 16.7. The molecule has 31 heavy (non-hydrogen) atoms. The van der Waals surface area contributed by atoms with Crippen molar-refractivity contribution in [3.05, 3.63) is 16.8 Å². The molecule has 1 aliphatic rings. The monoisotopic (exact) mass is 441 g/mol. The summed E-state index contributed by atoms with van der Waals surface area (Å²) in [5.74, 6) is -0.573. The van der Waals surface area contributed by atoms with Crippen LogP contribution in [0.4, 0.5) is 13.2 Å². The van der Waals surface area contributed by atoms with E-state index in [4.69, 9.17) is 4.74 Å². The van der Waals surface area contributed by atoms with Gasteiger partial charge in [-0.2, -0.15) is 13.2 Å². The Bertz CT molecular complexity index is 1000. The number of aryl methyl sites for hydroxylation is 3. The first-order valence-corrected chi connectivity index (χ1v) is 10.0. The van der Waals surface area contributed by atoms with Gasteiger partial charge in [-0.15, -0.1) is 5.10 Å². The summed E-state index contributed by atoms with van der Waals surface area (Å²) in [7, 11) is 3.30. The lowest BCUT2D eigenvalue weighted by atomic mass is 10.00. The molecule has 1 saturated heterocycles. The number of alkyl halides is 3. The first-order valence-electron chi connectivity index (χ1n) is 10.0. The lowest BCUT2D eigenvalue weighted by Gasteiger charge is -2.24. The number of ether oxygens (including phenoxy) is 1. The van der Waals surface area contributed by atoms with Crippen molar-refractivity contribution in [2.75, 3.05) is 20.2 Å². The van der Waals surface area contributed by atoms with Gasteiger partial charge in [0.1, 0.15) is 12.6 Å². The lowest BCUT2D eigenvalue weighted by Crippen LogP contribution is -2.48. The Morgan fingerprint density at radius 2 is 2.00 bits per heavy atom. The van der Waals surface area contributed by atoms with Crippen LogP contribution < -0.4 is 10.1 Å². The molecule has 3 heterocycles. The average molecular weight is 441 g/mol. The highest BCUT2D eigenvalue weighted by Crippen LogP contribution is 2.31. The first kappa shape index (κ1) is 22.8. The fourth-order valence-electron chi connectivity index (χ4n) is 4.13. The molecule has 170 valence electrons. The van der Waals surface area contributed by atoms with Crippen molar-refractivity contribution in [3.63, 3.8) is 0 Å². The molecule has 2 aromatic heterocycles. The Kier molecular flexibility index (Phi) is 6.42. The molecule has 1 unspecified atom stereocenters. The summed E-state index contributed by atoms with van der Waals surface area (Å²) in [6.07, 6.45) is -3.04. The standard InChI is InChI=1S/C20H26F3N5O3/c1-11-13(12(2)25-17-16(11)19(31-4)26-27(17)3)7-8-15(29)28-9-5-6-14(28)18(30)24-10-20(21,22)23/h14H,5-10H2,1-4H3,(H,24,30). The molecule has 11 heteroatoms. The van der Waals surface area contributed by atoms with Crippen LogP contribution in [-0.2, 0) is 23.1 Å². The third-order valence-corrected chi connectivity index (χ3v) is 5.64. The Morgan fingerprint density at radius 3 is 2.65 bits per heavy atom. The van der Waals surface area contributed by atoms with Crippen LogP contribution in [0, 0.1) is 13.8 Å². The summed E-state index contributed by atoms with van der Waals surface area (Å²) < 4.78 is 44.2. The van der Waals surface area contributed by atoms with Crippen molar-refractivity contribution in [2.24, 2.45) is 7.05 Å². The van der Waals surface area contributed by atoms with Gasteiger partial charge in [0, 0.05) is 25.7 Å². The maximum atomic E-state index is 12.8. The van der Waals surface area contributed by atoms with E-state index in [0.29, 0.717) is 37.3 Å². The molecule has 1 N–H and O–H groups in total. The summed E-state index contributed by atoms with van der Waals surface area (Å²) in [6, 6.07) is -0.865. The van der Waals surface area contributed by atoms with Crippen LogP contribution in [-0.4, -0.2) is 63.9 Å². The number of amides is 2. The molecule has 1 aliphatic heterocycles. The Hall–Kier alpha value is -2.85. The number of carbonyl (C=O) groups excluding carboxylic acids is 2. The van der Waals surface area contributed by atoms with Crippen LogP contribution in [0.1, 0.15) is 36.1 Å². The van der Waals surface area contributed by atoms with Gasteiger partial charge in [-0.3, -0.25) is 9.59 Å². The number of pyridine rings is 1. The zero-order valence-corrected chi connectivity index (χ0v) is 18.0. The summed E-state index contributed by atoms with van der Waals surface area (Å²) in [5, 5.41) is 6.97. The van der Waals surface area contributed by atoms with Crippen LogP contribution >= 0.6 is 0 Å². The highest BCUT2D eigenvalue weighted by molar-refractivity contribution is 5.89. The van der Waals surface area contributed by atoms with E-state index in [9.17, 15) is 22.8 Å². The van der Waals surface area contributed by atoms with E-state index in [2.05, 4.69) is 10.1 Å². The number of fused-ring (bicyclic) bond motifs is 1. The molecule has 8 nitrogen and oxygen atoms in total. The van der Waals surface area contributed by atoms with E-state index in [-0.39, 0.29) is 12.3 Å². The highest BCUT2D eigenvalue weighted by Gasteiger charge is 2.36. The quantitative estimate of drug-likeness (QED) is 0.743. The highest BCUT2D eigenvalue weighted by atomic mass is 19.4. The van der Waals surface area contributed by atoms with Gasteiger partial charge in [-0.25, -0.2) is 9.67 Å². The number of nitrogens with one attached hydrogen (secondary N) is 1. The smallest absolute Gasteiger partial charge is 0.405 e. The number of carbonyl (C=O) groups is 2. The van der Waals surface area contributed by atoms with Gasteiger partial charge in [0.2, 0.25) is 17.7 Å². The summed E-state index contributed by atoms with van der Waals surface area (Å²) >= 11 is 0. The van der Waals surface area contributed by atoms with Gasteiger partial charge in [-0.05, 0) is 44.2 Å². The van der Waals surface area contributed by atoms with Gasteiger partial charge in [-0.1, -0.05) is 0 Å². The van der Waals surface area contributed by atoms with Crippen LogP contribution in [0.3, 0.4) is 0 Å². The number of halogens is 3. The Balaban J connectivity index is 1.73. The molecular weight excluding hydrogens is 415 g/mol. The maximum absolute atomic E-state index is 12.8. The fraction of sp³-hybridized carbons (Fsp3) is 0.600. The molecule has 0 bridgehead atoms. The molecule has 2 amide bonds. The predicted octanol–water partition coefficient (Wildman–Crippen LogP) is 2.20. The van der Waals surface area contributed by atoms with E-state index in [1.165, 1.54) is 12.0 Å². The molecule has 0 radical (unpaired) electrons.